The summed E-state index contributed by atoms with van der Waals surface area (Å²) >= 11 is 3.28. The molecule has 134 valence electrons. The Kier molecular flexibility index (Phi) is 4.99. The summed E-state index contributed by atoms with van der Waals surface area (Å²) in [6, 6.07) is 13.6. The van der Waals surface area contributed by atoms with E-state index in [0.29, 0.717) is 6.42 Å². The highest BCUT2D eigenvalue weighted by molar-refractivity contribution is 7.98. The molecule has 1 aromatic heterocycles. The minimum atomic E-state index is -0.138. The van der Waals surface area contributed by atoms with Gasteiger partial charge in [0.15, 0.2) is 16.3 Å². The molecule has 2 aromatic carbocycles. The molecule has 0 atom stereocenters. The van der Waals surface area contributed by atoms with E-state index in [9.17, 15) is 4.79 Å². The summed E-state index contributed by atoms with van der Waals surface area (Å²) in [5, 5.41) is 0. The molecule has 26 heavy (non-hydrogen) atoms. The number of nitrogens with zero attached hydrogens (tertiary/aromatic N) is 2. The Labute approximate surface area is 159 Å². The molecule has 0 saturated carbocycles. The number of carbonyl (C=O) groups is 1. The van der Waals surface area contributed by atoms with Crippen molar-refractivity contribution in [2.24, 2.45) is 4.99 Å². The second-order valence-corrected chi connectivity index (χ2v) is 7.86. The van der Waals surface area contributed by atoms with Crippen molar-refractivity contribution in [2.75, 3.05) is 18.8 Å². The molecule has 0 saturated heterocycles. The Bertz CT molecular complexity index is 1010. The standard InChI is InChI=1S/C19H18N2O3S2/c1-25-8-7-21-14-10-15-16(24-12-23-15)11-17(14)26-19(21)20-18(22)9-13-5-3-2-4-6-13/h2-6,10-11H,7-9,12H2,1H3. The molecule has 1 aliphatic rings. The van der Waals surface area contributed by atoms with Crippen molar-refractivity contribution in [3.05, 3.63) is 52.8 Å². The second kappa shape index (κ2) is 7.55. The van der Waals surface area contributed by atoms with E-state index in [4.69, 9.17) is 9.47 Å². The average molecular weight is 386 g/mol. The van der Waals surface area contributed by atoms with Crippen molar-refractivity contribution in [1.82, 2.24) is 4.57 Å². The summed E-state index contributed by atoms with van der Waals surface area (Å²) in [5.74, 6) is 2.30. The lowest BCUT2D eigenvalue weighted by atomic mass is 10.1. The van der Waals surface area contributed by atoms with Crippen molar-refractivity contribution >= 4 is 39.2 Å². The number of fused-ring (bicyclic) bond motifs is 2. The Balaban J connectivity index is 1.74. The van der Waals surface area contributed by atoms with Crippen LogP contribution in [0.5, 0.6) is 11.5 Å². The first-order valence-electron chi connectivity index (χ1n) is 8.28. The Morgan fingerprint density at radius 2 is 2.00 bits per heavy atom. The fraction of sp³-hybridized carbons (Fsp3) is 0.263. The first-order chi connectivity index (χ1) is 12.7. The Morgan fingerprint density at radius 1 is 1.23 bits per heavy atom. The van der Waals surface area contributed by atoms with Gasteiger partial charge in [-0.3, -0.25) is 4.79 Å². The van der Waals surface area contributed by atoms with Crippen LogP contribution in [0.2, 0.25) is 0 Å². The van der Waals surface area contributed by atoms with Gasteiger partial charge in [0.25, 0.3) is 5.91 Å². The molecule has 1 aliphatic heterocycles. The van der Waals surface area contributed by atoms with Crippen LogP contribution < -0.4 is 14.3 Å². The van der Waals surface area contributed by atoms with E-state index in [-0.39, 0.29) is 12.7 Å². The predicted octanol–water partition coefficient (Wildman–Crippen LogP) is 3.46. The smallest absolute Gasteiger partial charge is 0.252 e. The van der Waals surface area contributed by atoms with Crippen LogP contribution in [0.1, 0.15) is 5.56 Å². The number of aryl methyl sites for hydroxylation is 1. The molecule has 0 N–H and O–H groups in total. The van der Waals surface area contributed by atoms with Crippen molar-refractivity contribution in [3.63, 3.8) is 0 Å². The van der Waals surface area contributed by atoms with Gasteiger partial charge in [0.2, 0.25) is 6.79 Å². The van der Waals surface area contributed by atoms with E-state index in [1.807, 2.05) is 42.5 Å². The van der Waals surface area contributed by atoms with E-state index in [2.05, 4.69) is 15.8 Å². The number of benzene rings is 2. The minimum Gasteiger partial charge on any atom is -0.454 e. The molecule has 3 aromatic rings. The van der Waals surface area contributed by atoms with E-state index < -0.39 is 0 Å². The Morgan fingerprint density at radius 3 is 2.77 bits per heavy atom. The zero-order chi connectivity index (χ0) is 17.9. The lowest BCUT2D eigenvalue weighted by Gasteiger charge is -2.04. The topological polar surface area (TPSA) is 52.8 Å². The highest BCUT2D eigenvalue weighted by atomic mass is 32.2. The number of thiazole rings is 1. The Hall–Kier alpha value is -2.25. The summed E-state index contributed by atoms with van der Waals surface area (Å²) < 4.78 is 14.1. The van der Waals surface area contributed by atoms with Crippen molar-refractivity contribution in [2.45, 2.75) is 13.0 Å². The molecule has 0 unspecified atom stereocenters. The third-order valence-electron chi connectivity index (χ3n) is 4.11. The van der Waals surface area contributed by atoms with Crippen LogP contribution in [0.25, 0.3) is 10.2 Å². The highest BCUT2D eigenvalue weighted by Crippen LogP contribution is 2.37. The second-order valence-electron chi connectivity index (χ2n) is 5.87. The van der Waals surface area contributed by atoms with Crippen LogP contribution in [0.4, 0.5) is 0 Å². The predicted molar refractivity (Wildman–Crippen MR) is 105 cm³/mol. The quantitative estimate of drug-likeness (QED) is 0.674. The summed E-state index contributed by atoms with van der Waals surface area (Å²) in [6.07, 6.45) is 2.38. The van der Waals surface area contributed by atoms with Crippen molar-refractivity contribution in [1.29, 1.82) is 0 Å². The van der Waals surface area contributed by atoms with Crippen LogP contribution in [0.15, 0.2) is 47.5 Å². The van der Waals surface area contributed by atoms with Gasteiger partial charge >= 0.3 is 0 Å². The number of aromatic nitrogens is 1. The fourth-order valence-electron chi connectivity index (χ4n) is 2.86. The fourth-order valence-corrected chi connectivity index (χ4v) is 4.31. The lowest BCUT2D eigenvalue weighted by molar-refractivity contribution is -0.117. The molecular formula is C19H18N2O3S2. The van der Waals surface area contributed by atoms with Gasteiger partial charge in [-0.15, -0.1) is 0 Å². The number of thioether (sulfide) groups is 1. The summed E-state index contributed by atoms with van der Waals surface area (Å²) in [4.78, 5) is 17.6. The van der Waals surface area contributed by atoms with Gasteiger partial charge in [-0.1, -0.05) is 41.7 Å². The first kappa shape index (κ1) is 17.2. The number of hydrogen-bond donors (Lipinski definition) is 0. The molecule has 7 heteroatoms. The molecule has 0 spiro atoms. The third-order valence-corrected chi connectivity index (χ3v) is 5.75. The van der Waals surface area contributed by atoms with Crippen molar-refractivity contribution in [3.8, 4) is 11.5 Å². The van der Waals surface area contributed by atoms with Crippen LogP contribution in [-0.2, 0) is 17.8 Å². The molecule has 1 amide bonds. The highest BCUT2D eigenvalue weighted by Gasteiger charge is 2.18. The van der Waals surface area contributed by atoms with Gasteiger partial charge in [0.1, 0.15) is 0 Å². The van der Waals surface area contributed by atoms with Gasteiger partial charge in [0, 0.05) is 24.4 Å². The summed E-state index contributed by atoms with van der Waals surface area (Å²) in [5.41, 5.74) is 2.00. The first-order valence-corrected chi connectivity index (χ1v) is 10.5. The number of ether oxygens (including phenoxy) is 2. The van der Waals surface area contributed by atoms with Gasteiger partial charge in [0.05, 0.1) is 16.6 Å². The molecule has 0 bridgehead atoms. The molecule has 4 rings (SSSR count). The summed E-state index contributed by atoms with van der Waals surface area (Å²) in [6.45, 7) is 1.04. The third kappa shape index (κ3) is 3.50. The largest absolute Gasteiger partial charge is 0.454 e. The monoisotopic (exact) mass is 386 g/mol. The SMILES string of the molecule is CSCCn1c(=NC(=O)Cc2ccccc2)sc2cc3c(cc21)OCO3. The maximum atomic E-state index is 12.5. The van der Waals surface area contributed by atoms with Crippen LogP contribution in [0, 0.1) is 0 Å². The van der Waals surface area contributed by atoms with Crippen molar-refractivity contribution < 1.29 is 14.3 Å². The molecule has 2 heterocycles. The number of amides is 1. The van der Waals surface area contributed by atoms with Gasteiger partial charge in [-0.05, 0) is 11.8 Å². The number of carbonyl (C=O) groups excluding carboxylic acids is 1. The normalized spacial score (nSPS) is 13.5. The zero-order valence-corrected chi connectivity index (χ0v) is 15.9. The van der Waals surface area contributed by atoms with E-state index in [0.717, 1.165) is 44.4 Å². The lowest BCUT2D eigenvalue weighted by Crippen LogP contribution is -2.18. The number of rotatable bonds is 5. The maximum Gasteiger partial charge on any atom is 0.252 e. The molecule has 0 fully saturated rings. The van der Waals surface area contributed by atoms with E-state index in [1.165, 1.54) is 11.3 Å². The summed E-state index contributed by atoms with van der Waals surface area (Å²) in [7, 11) is 0. The maximum absolute atomic E-state index is 12.5. The minimum absolute atomic E-state index is 0.138. The molecular weight excluding hydrogens is 368 g/mol. The van der Waals surface area contributed by atoms with E-state index in [1.54, 1.807) is 11.8 Å². The molecule has 5 nitrogen and oxygen atoms in total. The van der Waals surface area contributed by atoms with Crippen LogP contribution >= 0.6 is 23.1 Å². The molecule has 0 radical (unpaired) electrons. The van der Waals surface area contributed by atoms with Gasteiger partial charge < -0.3 is 14.0 Å². The van der Waals surface area contributed by atoms with Crippen LogP contribution in [-0.4, -0.2) is 29.3 Å². The van der Waals surface area contributed by atoms with E-state index >= 15 is 0 Å². The number of hydrogen-bond acceptors (Lipinski definition) is 5. The van der Waals surface area contributed by atoms with Gasteiger partial charge in [-0.25, -0.2) is 0 Å². The van der Waals surface area contributed by atoms with Crippen LogP contribution in [0.3, 0.4) is 0 Å². The zero-order valence-electron chi connectivity index (χ0n) is 14.3. The van der Waals surface area contributed by atoms with Gasteiger partial charge in [-0.2, -0.15) is 16.8 Å². The molecule has 0 aliphatic carbocycles. The average Bonchev–Trinajstić information content (AvgIpc) is 3.22.